The fourth-order valence-electron chi connectivity index (χ4n) is 3.06. The van der Waals surface area contributed by atoms with Crippen molar-refractivity contribution in [3.63, 3.8) is 0 Å². The number of ether oxygens (including phenoxy) is 1. The van der Waals surface area contributed by atoms with Gasteiger partial charge in [0.25, 0.3) is 11.8 Å². The molecule has 3 aromatic carbocycles. The van der Waals surface area contributed by atoms with Crippen LogP contribution >= 0.6 is 11.6 Å². The minimum absolute atomic E-state index is 0.181. The van der Waals surface area contributed by atoms with Crippen LogP contribution in [0.5, 0.6) is 5.75 Å². The van der Waals surface area contributed by atoms with Crippen LogP contribution in [0.2, 0.25) is 5.02 Å². The molecule has 1 heterocycles. The Hall–Kier alpha value is -3.97. The summed E-state index contributed by atoms with van der Waals surface area (Å²) in [5.74, 6) is -1.27. The van der Waals surface area contributed by atoms with Crippen molar-refractivity contribution in [1.29, 1.82) is 0 Å². The lowest BCUT2D eigenvalue weighted by Crippen LogP contribution is -2.54. The first-order chi connectivity index (χ1) is 15.4. The third-order valence-corrected chi connectivity index (χ3v) is 4.95. The highest BCUT2D eigenvalue weighted by molar-refractivity contribution is 6.39. The van der Waals surface area contributed by atoms with Gasteiger partial charge in [0, 0.05) is 5.02 Å². The van der Waals surface area contributed by atoms with E-state index in [0.29, 0.717) is 22.0 Å². The molecule has 32 heavy (non-hydrogen) atoms. The normalized spacial score (nSPS) is 15.1. The number of rotatable bonds is 5. The zero-order chi connectivity index (χ0) is 22.7. The van der Waals surface area contributed by atoms with E-state index in [1.165, 1.54) is 30.3 Å². The number of carbonyl (C=O) groups excluding carboxylic acids is 3. The Balaban J connectivity index is 1.50. The van der Waals surface area contributed by atoms with E-state index in [4.69, 9.17) is 16.3 Å². The lowest BCUT2D eigenvalue weighted by Gasteiger charge is -2.26. The van der Waals surface area contributed by atoms with Gasteiger partial charge in [-0.05, 0) is 65.7 Å². The number of halogens is 2. The molecule has 0 aromatic heterocycles. The molecule has 1 aliphatic rings. The van der Waals surface area contributed by atoms with E-state index in [0.717, 1.165) is 10.5 Å². The summed E-state index contributed by atoms with van der Waals surface area (Å²) in [6, 6.07) is 18.0. The molecule has 160 valence electrons. The number of hydrogen-bond donors (Lipinski definition) is 1. The summed E-state index contributed by atoms with van der Waals surface area (Å²) >= 11 is 5.86. The smallest absolute Gasteiger partial charge is 0.335 e. The van der Waals surface area contributed by atoms with Gasteiger partial charge in [-0.1, -0.05) is 35.9 Å². The van der Waals surface area contributed by atoms with E-state index >= 15 is 0 Å². The van der Waals surface area contributed by atoms with Crippen LogP contribution in [-0.2, 0) is 16.2 Å². The van der Waals surface area contributed by atoms with Gasteiger partial charge in [0.15, 0.2) is 0 Å². The van der Waals surface area contributed by atoms with Gasteiger partial charge in [-0.3, -0.25) is 14.9 Å². The summed E-state index contributed by atoms with van der Waals surface area (Å²) in [5, 5.41) is 2.62. The SMILES string of the molecule is O=C1NC(=O)N(c2ccc(Cl)cc2)C(=O)C1=Cc1ccc(OCc2ccc(F)cc2)cc1. The highest BCUT2D eigenvalue weighted by Gasteiger charge is 2.36. The standard InChI is InChI=1S/C24H16ClFN2O4/c25-17-5-9-19(10-6-17)28-23(30)21(22(29)27-24(28)31)13-15-3-11-20(12-4-15)32-14-16-1-7-18(26)8-2-16/h1-13H,14H2,(H,27,29,31). The van der Waals surface area contributed by atoms with Gasteiger partial charge in [-0.2, -0.15) is 0 Å². The number of amides is 4. The zero-order valence-electron chi connectivity index (χ0n) is 16.5. The Kier molecular flexibility index (Phi) is 6.00. The molecule has 3 aromatic rings. The van der Waals surface area contributed by atoms with E-state index < -0.39 is 17.8 Å². The number of nitrogens with one attached hydrogen (secondary N) is 1. The van der Waals surface area contributed by atoms with Gasteiger partial charge in [0.2, 0.25) is 0 Å². The van der Waals surface area contributed by atoms with Gasteiger partial charge in [0.05, 0.1) is 5.69 Å². The first-order valence-electron chi connectivity index (χ1n) is 9.55. The fourth-order valence-corrected chi connectivity index (χ4v) is 3.18. The van der Waals surface area contributed by atoms with Gasteiger partial charge >= 0.3 is 6.03 Å². The number of hydrogen-bond acceptors (Lipinski definition) is 4. The molecule has 0 spiro atoms. The predicted molar refractivity (Wildman–Crippen MR) is 118 cm³/mol. The zero-order valence-corrected chi connectivity index (χ0v) is 17.3. The molecule has 0 saturated carbocycles. The number of urea groups is 1. The first kappa shape index (κ1) is 21.3. The molecule has 8 heteroatoms. The lowest BCUT2D eigenvalue weighted by atomic mass is 10.1. The maximum atomic E-state index is 13.0. The first-order valence-corrected chi connectivity index (χ1v) is 9.93. The highest BCUT2D eigenvalue weighted by atomic mass is 35.5. The van der Waals surface area contributed by atoms with Crippen LogP contribution in [0.1, 0.15) is 11.1 Å². The summed E-state index contributed by atoms with van der Waals surface area (Å²) in [6.07, 6.45) is 1.40. The summed E-state index contributed by atoms with van der Waals surface area (Å²) in [5.41, 5.74) is 1.50. The van der Waals surface area contributed by atoms with Gasteiger partial charge in [-0.25, -0.2) is 14.1 Å². The molecule has 0 unspecified atom stereocenters. The van der Waals surface area contributed by atoms with Crippen molar-refractivity contribution < 1.29 is 23.5 Å². The minimum atomic E-state index is -0.830. The summed E-state index contributed by atoms with van der Waals surface area (Å²) in [6.45, 7) is 0.264. The number of nitrogens with zero attached hydrogens (tertiary/aromatic N) is 1. The molecular weight excluding hydrogens is 435 g/mol. The van der Waals surface area contributed by atoms with Crippen molar-refractivity contribution in [3.8, 4) is 5.75 Å². The average molecular weight is 451 g/mol. The average Bonchev–Trinajstić information content (AvgIpc) is 2.78. The van der Waals surface area contributed by atoms with E-state index in [1.54, 1.807) is 48.5 Å². The number of barbiturate groups is 1. The lowest BCUT2D eigenvalue weighted by molar-refractivity contribution is -0.122. The van der Waals surface area contributed by atoms with Crippen molar-refractivity contribution in [2.45, 2.75) is 6.61 Å². The van der Waals surface area contributed by atoms with Crippen LogP contribution in [0.25, 0.3) is 6.08 Å². The third-order valence-electron chi connectivity index (χ3n) is 4.70. The Labute approximate surface area is 187 Å². The van der Waals surface area contributed by atoms with E-state index in [9.17, 15) is 18.8 Å². The predicted octanol–water partition coefficient (Wildman–Crippen LogP) is 4.72. The molecule has 1 aliphatic heterocycles. The molecule has 0 radical (unpaired) electrons. The molecule has 4 rings (SSSR count). The van der Waals surface area contributed by atoms with E-state index in [-0.39, 0.29) is 18.0 Å². The molecular formula is C24H16ClFN2O4. The Morgan fingerprint density at radius 1 is 0.906 bits per heavy atom. The maximum absolute atomic E-state index is 13.0. The largest absolute Gasteiger partial charge is 0.489 e. The second-order valence-corrected chi connectivity index (χ2v) is 7.35. The topological polar surface area (TPSA) is 75.7 Å². The van der Waals surface area contributed by atoms with E-state index in [1.807, 2.05) is 0 Å². The van der Waals surface area contributed by atoms with E-state index in [2.05, 4.69) is 5.32 Å². The molecule has 0 bridgehead atoms. The third kappa shape index (κ3) is 4.68. The number of imide groups is 2. The number of carbonyl (C=O) groups is 3. The van der Waals surface area contributed by atoms with Crippen LogP contribution in [0.15, 0.2) is 78.4 Å². The minimum Gasteiger partial charge on any atom is -0.489 e. The van der Waals surface area contributed by atoms with Crippen molar-refractivity contribution in [2.24, 2.45) is 0 Å². The van der Waals surface area contributed by atoms with Crippen LogP contribution in [-0.4, -0.2) is 17.8 Å². The van der Waals surface area contributed by atoms with Crippen molar-refractivity contribution in [3.05, 3.63) is 100 Å². The molecule has 4 amide bonds. The van der Waals surface area contributed by atoms with Crippen molar-refractivity contribution >= 4 is 41.2 Å². The summed E-state index contributed by atoms with van der Waals surface area (Å²) in [7, 11) is 0. The Morgan fingerprint density at radius 3 is 2.22 bits per heavy atom. The van der Waals surface area contributed by atoms with Crippen LogP contribution < -0.4 is 15.0 Å². The fraction of sp³-hybridized carbons (Fsp3) is 0.0417. The van der Waals surface area contributed by atoms with Gasteiger partial charge in [0.1, 0.15) is 23.7 Å². The Bertz CT molecular complexity index is 1210. The molecule has 0 aliphatic carbocycles. The van der Waals surface area contributed by atoms with Crippen molar-refractivity contribution in [1.82, 2.24) is 5.32 Å². The molecule has 1 fully saturated rings. The molecule has 1 saturated heterocycles. The van der Waals surface area contributed by atoms with Gasteiger partial charge < -0.3 is 4.74 Å². The quantitative estimate of drug-likeness (QED) is 0.450. The highest BCUT2D eigenvalue weighted by Crippen LogP contribution is 2.24. The van der Waals surface area contributed by atoms with Gasteiger partial charge in [-0.15, -0.1) is 0 Å². The van der Waals surface area contributed by atoms with Crippen LogP contribution in [0, 0.1) is 5.82 Å². The van der Waals surface area contributed by atoms with Crippen LogP contribution in [0.4, 0.5) is 14.9 Å². The second-order valence-electron chi connectivity index (χ2n) is 6.92. The maximum Gasteiger partial charge on any atom is 0.335 e. The molecule has 1 N–H and O–H groups in total. The molecule has 0 atom stereocenters. The monoisotopic (exact) mass is 450 g/mol. The summed E-state index contributed by atoms with van der Waals surface area (Å²) in [4.78, 5) is 38.3. The molecule has 6 nitrogen and oxygen atoms in total. The second kappa shape index (κ2) is 9.03. The number of benzene rings is 3. The Morgan fingerprint density at radius 2 is 1.56 bits per heavy atom. The van der Waals surface area contributed by atoms with Crippen LogP contribution in [0.3, 0.4) is 0 Å². The van der Waals surface area contributed by atoms with Crippen molar-refractivity contribution in [2.75, 3.05) is 4.90 Å². The number of anilines is 1. The summed E-state index contributed by atoms with van der Waals surface area (Å²) < 4.78 is 18.6.